The van der Waals surface area contributed by atoms with Crippen LogP contribution in [0.2, 0.25) is 0 Å². The molecule has 2 N–H and O–H groups in total. The third-order valence-electron chi connectivity index (χ3n) is 1.50. The number of carbonyl (C=O) groups is 2. The van der Waals surface area contributed by atoms with Gasteiger partial charge in [-0.2, -0.15) is 0 Å². The quantitative estimate of drug-likeness (QED) is 0.638. The number of carbonyl (C=O) groups excluding carboxylic acids is 1. The van der Waals surface area contributed by atoms with Gasteiger partial charge in [-0.15, -0.1) is 0 Å². The van der Waals surface area contributed by atoms with E-state index >= 15 is 0 Å². The molecular formula is C8H11NO5. The second kappa shape index (κ2) is 5.11. The van der Waals surface area contributed by atoms with Gasteiger partial charge in [-0.05, 0) is 0 Å². The summed E-state index contributed by atoms with van der Waals surface area (Å²) in [5.74, 6) is -1.33. The van der Waals surface area contributed by atoms with Crippen LogP contribution in [-0.2, 0) is 19.1 Å². The minimum Gasteiger partial charge on any atom is -0.494 e. The molecule has 1 aliphatic heterocycles. The van der Waals surface area contributed by atoms with E-state index < -0.39 is 11.9 Å². The lowest BCUT2D eigenvalue weighted by Gasteiger charge is -2.14. The van der Waals surface area contributed by atoms with Gasteiger partial charge < -0.3 is 19.9 Å². The van der Waals surface area contributed by atoms with Gasteiger partial charge in [0.1, 0.15) is 19.5 Å². The third-order valence-corrected chi connectivity index (χ3v) is 1.50. The molecule has 6 heteroatoms. The summed E-state index contributed by atoms with van der Waals surface area (Å²) in [5.41, 5.74) is 0. The summed E-state index contributed by atoms with van der Waals surface area (Å²) in [6.07, 6.45) is 1.11. The normalized spacial score (nSPS) is 14.7. The first kappa shape index (κ1) is 10.4. The largest absolute Gasteiger partial charge is 0.494 e. The van der Waals surface area contributed by atoms with Crippen molar-refractivity contribution in [2.45, 2.75) is 6.42 Å². The molecule has 0 aromatic rings. The van der Waals surface area contributed by atoms with Crippen LogP contribution < -0.4 is 5.32 Å². The standard InChI is InChI=1S/C8H11NO5/c10-7(11)1-2-9-8(12)6-5-13-3-4-14-6/h5H,1-4H2,(H,9,12)(H,10,11). The lowest BCUT2D eigenvalue weighted by molar-refractivity contribution is -0.136. The Hall–Kier alpha value is -1.72. The first-order chi connectivity index (χ1) is 6.70. The fourth-order valence-corrected chi connectivity index (χ4v) is 0.858. The van der Waals surface area contributed by atoms with Crippen molar-refractivity contribution < 1.29 is 24.2 Å². The Morgan fingerprint density at radius 2 is 2.29 bits per heavy atom. The number of amides is 1. The number of hydrogen-bond acceptors (Lipinski definition) is 4. The predicted octanol–water partition coefficient (Wildman–Crippen LogP) is -0.534. The molecule has 0 bridgehead atoms. The first-order valence-corrected chi connectivity index (χ1v) is 4.14. The molecule has 0 saturated heterocycles. The Bertz CT molecular complexity index is 260. The van der Waals surface area contributed by atoms with Crippen molar-refractivity contribution in [2.75, 3.05) is 19.8 Å². The van der Waals surface area contributed by atoms with Gasteiger partial charge in [0.2, 0.25) is 5.76 Å². The van der Waals surface area contributed by atoms with Gasteiger partial charge in [-0.1, -0.05) is 0 Å². The zero-order chi connectivity index (χ0) is 10.4. The van der Waals surface area contributed by atoms with Gasteiger partial charge in [-0.25, -0.2) is 0 Å². The zero-order valence-electron chi connectivity index (χ0n) is 7.49. The van der Waals surface area contributed by atoms with Gasteiger partial charge in [0.05, 0.1) is 6.42 Å². The molecule has 0 radical (unpaired) electrons. The van der Waals surface area contributed by atoms with Gasteiger partial charge in [0, 0.05) is 6.54 Å². The fraction of sp³-hybridized carbons (Fsp3) is 0.500. The van der Waals surface area contributed by atoms with E-state index in [4.69, 9.17) is 14.6 Å². The number of aliphatic carboxylic acids is 1. The molecule has 1 heterocycles. The number of carboxylic acid groups (broad SMARTS) is 1. The molecule has 0 aliphatic carbocycles. The molecule has 0 saturated carbocycles. The van der Waals surface area contributed by atoms with Crippen molar-refractivity contribution in [3.8, 4) is 0 Å². The van der Waals surface area contributed by atoms with Crippen LogP contribution in [0.15, 0.2) is 12.0 Å². The zero-order valence-corrected chi connectivity index (χ0v) is 7.49. The summed E-state index contributed by atoms with van der Waals surface area (Å²) in [7, 11) is 0. The maximum Gasteiger partial charge on any atom is 0.305 e. The maximum absolute atomic E-state index is 11.2. The Morgan fingerprint density at radius 1 is 1.50 bits per heavy atom. The highest BCUT2D eigenvalue weighted by molar-refractivity contribution is 5.91. The third kappa shape index (κ3) is 3.34. The first-order valence-electron chi connectivity index (χ1n) is 4.14. The van der Waals surface area contributed by atoms with E-state index in [0.717, 1.165) is 0 Å². The molecule has 6 nitrogen and oxygen atoms in total. The van der Waals surface area contributed by atoms with Crippen LogP contribution in [-0.4, -0.2) is 36.7 Å². The average molecular weight is 201 g/mol. The molecule has 1 rings (SSSR count). The van der Waals surface area contributed by atoms with E-state index in [2.05, 4.69) is 5.32 Å². The summed E-state index contributed by atoms with van der Waals surface area (Å²) in [5, 5.41) is 10.7. The van der Waals surface area contributed by atoms with Gasteiger partial charge >= 0.3 is 5.97 Å². The summed E-state index contributed by atoms with van der Waals surface area (Å²) in [6, 6.07) is 0. The van der Waals surface area contributed by atoms with Crippen LogP contribution in [0, 0.1) is 0 Å². The number of nitrogens with one attached hydrogen (secondary N) is 1. The highest BCUT2D eigenvalue weighted by atomic mass is 16.6. The molecule has 0 fully saturated rings. The molecule has 0 aromatic heterocycles. The predicted molar refractivity (Wildman–Crippen MR) is 45.2 cm³/mol. The SMILES string of the molecule is O=C(O)CCNC(=O)C1=COCCO1. The van der Waals surface area contributed by atoms with Crippen molar-refractivity contribution >= 4 is 11.9 Å². The summed E-state index contributed by atoms with van der Waals surface area (Å²) < 4.78 is 9.84. The van der Waals surface area contributed by atoms with E-state index in [9.17, 15) is 9.59 Å². The molecule has 14 heavy (non-hydrogen) atoms. The average Bonchev–Trinajstić information content (AvgIpc) is 2.18. The van der Waals surface area contributed by atoms with E-state index in [1.807, 2.05) is 0 Å². The van der Waals surface area contributed by atoms with Crippen molar-refractivity contribution in [3.63, 3.8) is 0 Å². The van der Waals surface area contributed by atoms with Gasteiger partial charge in [0.15, 0.2) is 0 Å². The Labute approximate surface area is 80.5 Å². The topological polar surface area (TPSA) is 84.9 Å². The van der Waals surface area contributed by atoms with Crippen LogP contribution in [0.4, 0.5) is 0 Å². The van der Waals surface area contributed by atoms with E-state index in [1.165, 1.54) is 6.26 Å². The van der Waals surface area contributed by atoms with Crippen molar-refractivity contribution in [2.24, 2.45) is 0 Å². The van der Waals surface area contributed by atoms with Gasteiger partial charge in [-0.3, -0.25) is 9.59 Å². The Balaban J connectivity index is 2.27. The highest BCUT2D eigenvalue weighted by Gasteiger charge is 2.14. The van der Waals surface area contributed by atoms with Crippen LogP contribution >= 0.6 is 0 Å². The minimum absolute atomic E-state index is 0.0782. The Kier molecular flexibility index (Phi) is 3.78. The van der Waals surface area contributed by atoms with Crippen LogP contribution in [0.1, 0.15) is 6.42 Å². The minimum atomic E-state index is -0.958. The maximum atomic E-state index is 11.2. The molecule has 0 aromatic carbocycles. The summed E-state index contributed by atoms with van der Waals surface area (Å²) in [4.78, 5) is 21.3. The second-order valence-electron chi connectivity index (χ2n) is 2.60. The van der Waals surface area contributed by atoms with Gasteiger partial charge in [0.25, 0.3) is 5.91 Å². The van der Waals surface area contributed by atoms with Crippen LogP contribution in [0.5, 0.6) is 0 Å². The number of hydrogen-bond donors (Lipinski definition) is 2. The molecule has 0 atom stereocenters. The van der Waals surface area contributed by atoms with E-state index in [-0.39, 0.29) is 18.7 Å². The highest BCUT2D eigenvalue weighted by Crippen LogP contribution is 2.03. The fourth-order valence-electron chi connectivity index (χ4n) is 0.858. The van der Waals surface area contributed by atoms with E-state index in [1.54, 1.807) is 0 Å². The smallest absolute Gasteiger partial charge is 0.305 e. The molecular weight excluding hydrogens is 190 g/mol. The molecule has 0 unspecified atom stereocenters. The molecule has 0 spiro atoms. The van der Waals surface area contributed by atoms with Crippen molar-refractivity contribution in [1.29, 1.82) is 0 Å². The number of rotatable bonds is 4. The molecule has 1 amide bonds. The van der Waals surface area contributed by atoms with E-state index in [0.29, 0.717) is 13.2 Å². The lowest BCUT2D eigenvalue weighted by atomic mass is 10.4. The van der Waals surface area contributed by atoms with Crippen LogP contribution in [0.3, 0.4) is 0 Å². The monoisotopic (exact) mass is 201 g/mol. The van der Waals surface area contributed by atoms with Crippen molar-refractivity contribution in [1.82, 2.24) is 5.32 Å². The molecule has 78 valence electrons. The summed E-state index contributed by atoms with van der Waals surface area (Å²) >= 11 is 0. The second-order valence-corrected chi connectivity index (χ2v) is 2.60. The summed E-state index contributed by atoms with van der Waals surface area (Å²) in [6.45, 7) is 0.832. The Morgan fingerprint density at radius 3 is 2.86 bits per heavy atom. The number of ether oxygens (including phenoxy) is 2. The molecule has 1 aliphatic rings. The lowest BCUT2D eigenvalue weighted by Crippen LogP contribution is -2.30. The van der Waals surface area contributed by atoms with Crippen LogP contribution in [0.25, 0.3) is 0 Å². The van der Waals surface area contributed by atoms with Crippen molar-refractivity contribution in [3.05, 3.63) is 12.0 Å². The number of carboxylic acids is 1.